The third kappa shape index (κ3) is 2.24. The molecular weight excluding hydrogens is 540 g/mol. The Morgan fingerprint density at radius 3 is 2.44 bits per heavy atom. The van der Waals surface area contributed by atoms with Crippen molar-refractivity contribution in [3.05, 3.63) is 24.2 Å². The monoisotopic (exact) mass is 576 g/mol. The number of esters is 2. The molecule has 3 aliphatic heterocycles. The van der Waals surface area contributed by atoms with E-state index in [9.17, 15) is 30.0 Å². The first-order valence-electron chi connectivity index (χ1n) is 14.2. The first kappa shape index (κ1) is 26.6. The normalized spacial score (nSPS) is 61.0. The van der Waals surface area contributed by atoms with Gasteiger partial charge in [0.25, 0.3) is 5.97 Å². The van der Waals surface area contributed by atoms with Gasteiger partial charge in [-0.15, -0.1) is 0 Å². The molecule has 7 aliphatic rings. The largest absolute Gasteiger partial charge is 0.472 e. The van der Waals surface area contributed by atoms with Gasteiger partial charge >= 0.3 is 11.9 Å². The molecule has 4 aliphatic carbocycles. The molecule has 1 aromatic rings. The number of hydrogen-bond donors (Lipinski definition) is 4. The first-order valence-corrected chi connectivity index (χ1v) is 14.2. The molecule has 2 unspecified atom stereocenters. The minimum absolute atomic E-state index is 0.0832. The number of methoxy groups -OCH3 is 1. The molecule has 14 atom stereocenters. The van der Waals surface area contributed by atoms with E-state index in [2.05, 4.69) is 0 Å². The minimum Gasteiger partial charge on any atom is -0.472 e. The van der Waals surface area contributed by atoms with Gasteiger partial charge in [-0.3, -0.25) is 9.59 Å². The summed E-state index contributed by atoms with van der Waals surface area (Å²) in [5.74, 6) is -4.56. The minimum atomic E-state index is -2.26. The van der Waals surface area contributed by atoms with Crippen molar-refractivity contribution >= 4 is 11.9 Å². The molecule has 3 saturated heterocycles. The van der Waals surface area contributed by atoms with Crippen LogP contribution in [0.15, 0.2) is 23.0 Å². The summed E-state index contributed by atoms with van der Waals surface area (Å²) in [6.45, 7) is 6.94. The van der Waals surface area contributed by atoms with Crippen molar-refractivity contribution < 1.29 is 58.1 Å². The van der Waals surface area contributed by atoms with Gasteiger partial charge < -0.3 is 48.5 Å². The molecule has 2 spiro atoms. The van der Waals surface area contributed by atoms with E-state index in [4.69, 9.17) is 28.1 Å². The number of cyclic esters (lactones) is 1. The van der Waals surface area contributed by atoms with Gasteiger partial charge in [-0.25, -0.2) is 0 Å². The van der Waals surface area contributed by atoms with Gasteiger partial charge in [0, 0.05) is 47.5 Å². The zero-order chi connectivity index (χ0) is 29.4. The predicted molar refractivity (Wildman–Crippen MR) is 132 cm³/mol. The lowest BCUT2D eigenvalue weighted by atomic mass is 9.33. The van der Waals surface area contributed by atoms with Gasteiger partial charge in [0.1, 0.15) is 34.6 Å². The maximum absolute atomic E-state index is 13.3. The van der Waals surface area contributed by atoms with Crippen LogP contribution in [-0.2, 0) is 33.3 Å². The SMILES string of the molecule is COC(=O)C[C@H]1[C@@]2(C)CC34OC5(C)O[C@]6([C@@H]7CC(=O)O[C@@H](c8ccoc8)[C@]7(C)[C@@H](O)C[C@]6(O5)[C@]13C)[C@H](O)[C@@]4(O)[C@H]2O. The van der Waals surface area contributed by atoms with Crippen LogP contribution in [0.2, 0.25) is 0 Å². The van der Waals surface area contributed by atoms with E-state index >= 15 is 0 Å². The predicted octanol–water partition coefficient (Wildman–Crippen LogP) is 0.697. The van der Waals surface area contributed by atoms with Crippen molar-refractivity contribution in [2.75, 3.05) is 7.11 Å². The molecule has 4 saturated carbocycles. The summed E-state index contributed by atoms with van der Waals surface area (Å²) < 4.78 is 36.4. The third-order valence-corrected chi connectivity index (χ3v) is 13.1. The summed E-state index contributed by atoms with van der Waals surface area (Å²) in [4.78, 5) is 26.2. The van der Waals surface area contributed by atoms with Crippen molar-refractivity contribution in [3.8, 4) is 0 Å². The number of aliphatic hydroxyl groups is 4. The van der Waals surface area contributed by atoms with Gasteiger partial charge in [-0.2, -0.15) is 0 Å². The number of ether oxygens (including phenoxy) is 5. The fraction of sp³-hybridized carbons (Fsp3) is 0.793. The maximum atomic E-state index is 13.3. The van der Waals surface area contributed by atoms with Gasteiger partial charge in [-0.1, -0.05) is 20.8 Å². The number of rotatable bonds is 3. The molecular formula is C29H36O12. The highest BCUT2D eigenvalue weighted by Crippen LogP contribution is 2.89. The molecule has 4 heterocycles. The van der Waals surface area contributed by atoms with E-state index in [1.54, 1.807) is 26.8 Å². The Bertz CT molecular complexity index is 1380. The highest BCUT2D eigenvalue weighted by atomic mass is 16.9. The molecule has 4 bridgehead atoms. The topological polar surface area (TPSA) is 174 Å². The Balaban J connectivity index is 1.44. The smallest absolute Gasteiger partial charge is 0.306 e. The molecule has 1 aromatic heterocycles. The van der Waals surface area contributed by atoms with Crippen LogP contribution in [0.5, 0.6) is 0 Å². The average Bonchev–Trinajstić information content (AvgIpc) is 3.60. The molecule has 0 radical (unpaired) electrons. The van der Waals surface area contributed by atoms with E-state index < -0.39 is 92.8 Å². The number of hydrogen-bond acceptors (Lipinski definition) is 12. The van der Waals surface area contributed by atoms with Crippen molar-refractivity contribution in [1.29, 1.82) is 0 Å². The van der Waals surface area contributed by atoms with Crippen LogP contribution in [0.25, 0.3) is 0 Å². The molecule has 0 aromatic carbocycles. The van der Waals surface area contributed by atoms with Gasteiger partial charge in [0.2, 0.25) is 0 Å². The molecule has 7 fully saturated rings. The summed E-state index contributed by atoms with van der Waals surface area (Å²) in [6.07, 6.45) is -2.94. The first-order chi connectivity index (χ1) is 19.1. The van der Waals surface area contributed by atoms with E-state index in [1.807, 2.05) is 6.92 Å². The lowest BCUT2D eigenvalue weighted by molar-refractivity contribution is -0.481. The molecule has 41 heavy (non-hydrogen) atoms. The number of carbonyl (C=O) groups is 2. The highest BCUT2D eigenvalue weighted by Gasteiger charge is 3.03. The summed E-state index contributed by atoms with van der Waals surface area (Å²) in [5.41, 5.74) is -10.4. The fourth-order valence-electron chi connectivity index (χ4n) is 11.7. The zero-order valence-corrected chi connectivity index (χ0v) is 23.6. The highest BCUT2D eigenvalue weighted by molar-refractivity contribution is 5.73. The second-order valence-corrected chi connectivity index (χ2v) is 14.2. The number of furan rings is 1. The molecule has 12 nitrogen and oxygen atoms in total. The van der Waals surface area contributed by atoms with Gasteiger partial charge in [0.05, 0.1) is 38.3 Å². The van der Waals surface area contributed by atoms with Crippen molar-refractivity contribution in [2.24, 2.45) is 28.1 Å². The molecule has 4 N–H and O–H groups in total. The second kappa shape index (κ2) is 7.01. The average molecular weight is 577 g/mol. The van der Waals surface area contributed by atoms with E-state index in [0.29, 0.717) is 5.56 Å². The Labute approximate surface area is 235 Å². The van der Waals surface area contributed by atoms with Crippen LogP contribution in [0.1, 0.15) is 65.0 Å². The van der Waals surface area contributed by atoms with Crippen LogP contribution in [-0.4, -0.2) is 86.2 Å². The van der Waals surface area contributed by atoms with Crippen LogP contribution in [0, 0.1) is 28.1 Å². The number of aliphatic hydroxyl groups excluding tert-OH is 3. The molecule has 12 heteroatoms. The van der Waals surface area contributed by atoms with E-state index in [-0.39, 0.29) is 25.7 Å². The van der Waals surface area contributed by atoms with Crippen LogP contribution in [0.3, 0.4) is 0 Å². The third-order valence-electron chi connectivity index (χ3n) is 13.1. The number of carbonyl (C=O) groups excluding carboxylic acids is 2. The molecule has 224 valence electrons. The summed E-state index contributed by atoms with van der Waals surface area (Å²) >= 11 is 0. The van der Waals surface area contributed by atoms with Gasteiger partial charge in [0.15, 0.2) is 0 Å². The Kier molecular flexibility index (Phi) is 4.54. The molecule has 0 amide bonds. The lowest BCUT2D eigenvalue weighted by Gasteiger charge is -2.77. The van der Waals surface area contributed by atoms with Crippen molar-refractivity contribution in [2.45, 2.75) is 106 Å². The van der Waals surface area contributed by atoms with Crippen molar-refractivity contribution in [3.63, 3.8) is 0 Å². The molecule has 8 rings (SSSR count). The summed E-state index contributed by atoms with van der Waals surface area (Å²) in [5, 5.41) is 49.4. The maximum Gasteiger partial charge on any atom is 0.306 e. The van der Waals surface area contributed by atoms with Crippen LogP contribution < -0.4 is 0 Å². The lowest BCUT2D eigenvalue weighted by Crippen LogP contribution is -2.94. The summed E-state index contributed by atoms with van der Waals surface area (Å²) in [7, 11) is 1.28. The Hall–Kier alpha value is -2.06. The van der Waals surface area contributed by atoms with E-state index in [0.717, 1.165) is 0 Å². The Morgan fingerprint density at radius 1 is 1.07 bits per heavy atom. The zero-order valence-electron chi connectivity index (χ0n) is 23.6. The van der Waals surface area contributed by atoms with Crippen LogP contribution >= 0.6 is 0 Å². The van der Waals surface area contributed by atoms with Crippen molar-refractivity contribution in [1.82, 2.24) is 0 Å². The Morgan fingerprint density at radius 2 is 1.78 bits per heavy atom. The number of fused-ring (bicyclic) bond motifs is 3. The van der Waals surface area contributed by atoms with Gasteiger partial charge in [-0.05, 0) is 18.4 Å². The standard InChI is InChI=1S/C29H36O12/c1-22-12-27-24(3,14(22)8-17(31)36-5)26-10-16(30)23(2)15(9-18(32)38-19(23)13-6-7-37-11-13)29(26,41-25(4,39-26)40-27)21(34)28(27,35)20(22)33/h6-7,11,14-16,19-21,30,33-35H,8-10,12H2,1-5H3/t14-,15+,16-,19-,20-,21+,22+,23-,24-,25?,26-,27?,28-,29+/m0/s1. The summed E-state index contributed by atoms with van der Waals surface area (Å²) in [6, 6.07) is 1.65. The quantitative estimate of drug-likeness (QED) is 0.371. The van der Waals surface area contributed by atoms with E-state index in [1.165, 1.54) is 19.6 Å². The van der Waals surface area contributed by atoms with Crippen LogP contribution in [0.4, 0.5) is 0 Å². The fourth-order valence-corrected chi connectivity index (χ4v) is 11.7. The second-order valence-electron chi connectivity index (χ2n) is 14.2.